The average molecular weight is 310 g/mol. The van der Waals surface area contributed by atoms with Crippen molar-refractivity contribution >= 4 is 5.97 Å². The SMILES string of the molecule is COC(=O)C1(c2ccc(OCc3ccccc3)cc2)CCCC1. The number of hydrogen-bond acceptors (Lipinski definition) is 3. The van der Waals surface area contributed by atoms with Crippen LogP contribution in [0.4, 0.5) is 0 Å². The molecule has 1 fully saturated rings. The van der Waals surface area contributed by atoms with E-state index in [-0.39, 0.29) is 5.97 Å². The highest BCUT2D eigenvalue weighted by molar-refractivity contribution is 5.83. The van der Waals surface area contributed by atoms with Gasteiger partial charge in [-0.25, -0.2) is 0 Å². The first-order valence-electron chi connectivity index (χ1n) is 8.10. The molecule has 120 valence electrons. The molecule has 0 bridgehead atoms. The summed E-state index contributed by atoms with van der Waals surface area (Å²) in [6.07, 6.45) is 3.87. The van der Waals surface area contributed by atoms with Crippen molar-refractivity contribution in [2.45, 2.75) is 37.7 Å². The number of benzene rings is 2. The summed E-state index contributed by atoms with van der Waals surface area (Å²) >= 11 is 0. The number of esters is 1. The van der Waals surface area contributed by atoms with Gasteiger partial charge in [-0.1, -0.05) is 55.3 Å². The second-order valence-electron chi connectivity index (χ2n) is 6.08. The first-order valence-corrected chi connectivity index (χ1v) is 8.10. The monoisotopic (exact) mass is 310 g/mol. The minimum absolute atomic E-state index is 0.118. The Morgan fingerprint density at radius 3 is 2.26 bits per heavy atom. The van der Waals surface area contributed by atoms with E-state index in [9.17, 15) is 4.79 Å². The Kier molecular flexibility index (Phi) is 4.65. The predicted molar refractivity (Wildman–Crippen MR) is 89.4 cm³/mol. The second-order valence-corrected chi connectivity index (χ2v) is 6.08. The van der Waals surface area contributed by atoms with Crippen molar-refractivity contribution in [3.05, 3.63) is 65.7 Å². The van der Waals surface area contributed by atoms with Crippen molar-refractivity contribution < 1.29 is 14.3 Å². The summed E-state index contributed by atoms with van der Waals surface area (Å²) in [5.74, 6) is 0.698. The minimum Gasteiger partial charge on any atom is -0.489 e. The molecular weight excluding hydrogens is 288 g/mol. The molecule has 0 atom stereocenters. The van der Waals surface area contributed by atoms with Crippen molar-refractivity contribution in [1.29, 1.82) is 0 Å². The summed E-state index contributed by atoms with van der Waals surface area (Å²) in [5.41, 5.74) is 1.71. The van der Waals surface area contributed by atoms with E-state index < -0.39 is 5.41 Å². The summed E-state index contributed by atoms with van der Waals surface area (Å²) in [4.78, 5) is 12.3. The van der Waals surface area contributed by atoms with Crippen molar-refractivity contribution in [1.82, 2.24) is 0 Å². The van der Waals surface area contributed by atoms with Crippen LogP contribution in [0.5, 0.6) is 5.75 Å². The molecule has 0 aromatic heterocycles. The molecule has 1 saturated carbocycles. The molecule has 0 saturated heterocycles. The van der Waals surface area contributed by atoms with E-state index in [0.717, 1.165) is 42.6 Å². The summed E-state index contributed by atoms with van der Waals surface area (Å²) < 4.78 is 10.9. The van der Waals surface area contributed by atoms with E-state index in [0.29, 0.717) is 6.61 Å². The molecule has 0 spiro atoms. The van der Waals surface area contributed by atoms with Crippen LogP contribution in [-0.4, -0.2) is 13.1 Å². The minimum atomic E-state index is -0.466. The van der Waals surface area contributed by atoms with Gasteiger partial charge in [0.25, 0.3) is 0 Å². The van der Waals surface area contributed by atoms with Crippen molar-refractivity contribution in [3.63, 3.8) is 0 Å². The highest BCUT2D eigenvalue weighted by Crippen LogP contribution is 2.42. The maximum absolute atomic E-state index is 12.3. The van der Waals surface area contributed by atoms with Crippen molar-refractivity contribution in [3.8, 4) is 5.75 Å². The predicted octanol–water partition coefficient (Wildman–Crippen LogP) is 4.25. The average Bonchev–Trinajstić information content (AvgIpc) is 3.11. The van der Waals surface area contributed by atoms with Crippen LogP contribution >= 0.6 is 0 Å². The Morgan fingerprint density at radius 1 is 1.00 bits per heavy atom. The van der Waals surface area contributed by atoms with Crippen LogP contribution < -0.4 is 4.74 Å². The van der Waals surface area contributed by atoms with Gasteiger partial charge in [-0.3, -0.25) is 4.79 Å². The molecule has 3 rings (SSSR count). The maximum Gasteiger partial charge on any atom is 0.316 e. The molecule has 0 amide bonds. The van der Waals surface area contributed by atoms with E-state index in [1.54, 1.807) is 0 Å². The van der Waals surface area contributed by atoms with Gasteiger partial charge in [-0.05, 0) is 36.1 Å². The van der Waals surface area contributed by atoms with E-state index in [1.807, 2.05) is 54.6 Å². The zero-order valence-electron chi connectivity index (χ0n) is 13.5. The molecule has 0 N–H and O–H groups in total. The fraction of sp³-hybridized carbons (Fsp3) is 0.350. The molecule has 23 heavy (non-hydrogen) atoms. The van der Waals surface area contributed by atoms with Crippen LogP contribution in [0.1, 0.15) is 36.8 Å². The Balaban J connectivity index is 1.72. The van der Waals surface area contributed by atoms with Gasteiger partial charge in [0.15, 0.2) is 0 Å². The van der Waals surface area contributed by atoms with Gasteiger partial charge in [0.2, 0.25) is 0 Å². The van der Waals surface area contributed by atoms with E-state index in [4.69, 9.17) is 9.47 Å². The lowest BCUT2D eigenvalue weighted by Gasteiger charge is -2.26. The van der Waals surface area contributed by atoms with Gasteiger partial charge in [0.05, 0.1) is 12.5 Å². The van der Waals surface area contributed by atoms with Gasteiger partial charge in [0.1, 0.15) is 12.4 Å². The number of hydrogen-bond donors (Lipinski definition) is 0. The van der Waals surface area contributed by atoms with Gasteiger partial charge in [-0.15, -0.1) is 0 Å². The van der Waals surface area contributed by atoms with Gasteiger partial charge >= 0.3 is 5.97 Å². The fourth-order valence-corrected chi connectivity index (χ4v) is 3.40. The molecule has 2 aromatic rings. The highest BCUT2D eigenvalue weighted by atomic mass is 16.5. The highest BCUT2D eigenvalue weighted by Gasteiger charge is 2.43. The second kappa shape index (κ2) is 6.86. The molecule has 3 nitrogen and oxygen atoms in total. The Bertz CT molecular complexity index is 640. The topological polar surface area (TPSA) is 35.5 Å². The quantitative estimate of drug-likeness (QED) is 0.774. The third kappa shape index (κ3) is 3.24. The van der Waals surface area contributed by atoms with Crippen LogP contribution in [0.2, 0.25) is 0 Å². The standard InChI is InChI=1S/C20H22O3/c1-22-19(21)20(13-5-6-14-20)17-9-11-18(12-10-17)23-15-16-7-3-2-4-8-16/h2-4,7-12H,5-6,13-15H2,1H3. The summed E-state index contributed by atoms with van der Waals surface area (Å²) in [7, 11) is 1.47. The van der Waals surface area contributed by atoms with Gasteiger partial charge < -0.3 is 9.47 Å². The smallest absolute Gasteiger partial charge is 0.316 e. The third-order valence-corrected chi connectivity index (χ3v) is 4.69. The zero-order chi connectivity index (χ0) is 16.1. The van der Waals surface area contributed by atoms with Crippen LogP contribution in [0, 0.1) is 0 Å². The lowest BCUT2D eigenvalue weighted by atomic mass is 9.79. The number of carbonyl (C=O) groups excluding carboxylic acids is 1. The third-order valence-electron chi connectivity index (χ3n) is 4.69. The summed E-state index contributed by atoms with van der Waals surface area (Å²) in [6.45, 7) is 0.544. The lowest BCUT2D eigenvalue weighted by Crippen LogP contribution is -2.33. The molecule has 0 aliphatic heterocycles. The molecular formula is C20H22O3. The first-order chi connectivity index (χ1) is 11.2. The van der Waals surface area contributed by atoms with E-state index in [1.165, 1.54) is 7.11 Å². The Morgan fingerprint density at radius 2 is 1.65 bits per heavy atom. The maximum atomic E-state index is 12.3. The number of ether oxygens (including phenoxy) is 2. The van der Waals surface area contributed by atoms with Crippen molar-refractivity contribution in [2.24, 2.45) is 0 Å². The summed E-state index contributed by atoms with van der Waals surface area (Å²) in [5, 5.41) is 0. The summed E-state index contributed by atoms with van der Waals surface area (Å²) in [6, 6.07) is 18.0. The lowest BCUT2D eigenvalue weighted by molar-refractivity contribution is -0.147. The normalized spacial score (nSPS) is 16.0. The van der Waals surface area contributed by atoms with Crippen LogP contribution in [-0.2, 0) is 21.6 Å². The van der Waals surface area contributed by atoms with E-state index >= 15 is 0 Å². The molecule has 0 heterocycles. The Hall–Kier alpha value is -2.29. The largest absolute Gasteiger partial charge is 0.489 e. The van der Waals surface area contributed by atoms with Crippen LogP contribution in [0.3, 0.4) is 0 Å². The molecule has 3 heteroatoms. The zero-order valence-corrected chi connectivity index (χ0v) is 13.5. The van der Waals surface area contributed by atoms with Crippen LogP contribution in [0.15, 0.2) is 54.6 Å². The number of carbonyl (C=O) groups is 1. The first kappa shape index (κ1) is 15.6. The molecule has 0 unspecified atom stereocenters. The molecule has 0 radical (unpaired) electrons. The van der Waals surface area contributed by atoms with Crippen LogP contribution in [0.25, 0.3) is 0 Å². The molecule has 1 aliphatic rings. The van der Waals surface area contributed by atoms with E-state index in [2.05, 4.69) is 0 Å². The number of rotatable bonds is 5. The fourth-order valence-electron chi connectivity index (χ4n) is 3.40. The van der Waals surface area contributed by atoms with Gasteiger partial charge in [0, 0.05) is 0 Å². The molecule has 1 aliphatic carbocycles. The van der Waals surface area contributed by atoms with Crippen molar-refractivity contribution in [2.75, 3.05) is 7.11 Å². The Labute approximate surface area is 137 Å². The van der Waals surface area contributed by atoms with Gasteiger partial charge in [-0.2, -0.15) is 0 Å². The number of methoxy groups -OCH3 is 1. The molecule has 2 aromatic carbocycles.